The number of aromatic nitrogens is 1. The molecule has 0 fully saturated rings. The number of nitrogens with zero attached hydrogens (tertiary/aromatic N) is 3. The number of thiazole rings is 1. The van der Waals surface area contributed by atoms with Crippen LogP contribution in [0.2, 0.25) is 0 Å². The number of para-hydroxylation sites is 2. The SMILES string of the molecule is CC[N+](CC)(CC)CCCN1C(=CC=CC=CC=Cc2sc3ccccc3[n+]2CCCC(C)=O)C(C)(C)c2ccccc21. The number of ketones is 1. The van der Waals surface area contributed by atoms with Crippen molar-refractivity contribution in [3.8, 4) is 0 Å². The van der Waals surface area contributed by atoms with Crippen molar-refractivity contribution in [1.82, 2.24) is 0 Å². The smallest absolute Gasteiger partial charge is 0.262 e. The van der Waals surface area contributed by atoms with Crippen molar-refractivity contribution in [1.29, 1.82) is 0 Å². The molecule has 3 aromatic rings. The Morgan fingerprint density at radius 3 is 2.33 bits per heavy atom. The van der Waals surface area contributed by atoms with Crippen molar-refractivity contribution in [2.75, 3.05) is 37.6 Å². The maximum absolute atomic E-state index is 11.5. The van der Waals surface area contributed by atoms with E-state index in [9.17, 15) is 4.79 Å². The lowest BCUT2D eigenvalue weighted by Gasteiger charge is -2.36. The first kappa shape index (κ1) is 32.6. The van der Waals surface area contributed by atoms with E-state index in [1.807, 2.05) is 0 Å². The van der Waals surface area contributed by atoms with E-state index in [0.29, 0.717) is 6.42 Å². The second kappa shape index (κ2) is 14.9. The van der Waals surface area contributed by atoms with Gasteiger partial charge in [-0.2, -0.15) is 4.57 Å². The average molecular weight is 598 g/mol. The Labute approximate surface area is 263 Å². The summed E-state index contributed by atoms with van der Waals surface area (Å²) in [4.78, 5) is 14.0. The van der Waals surface area contributed by atoms with Crippen molar-refractivity contribution >= 4 is 39.1 Å². The van der Waals surface area contributed by atoms with E-state index >= 15 is 0 Å². The van der Waals surface area contributed by atoms with E-state index in [0.717, 1.165) is 19.5 Å². The largest absolute Gasteiger partial charge is 0.344 e. The molecule has 2 aromatic carbocycles. The van der Waals surface area contributed by atoms with Gasteiger partial charge in [0.25, 0.3) is 5.01 Å². The Morgan fingerprint density at radius 2 is 1.58 bits per heavy atom. The first-order valence-electron chi connectivity index (χ1n) is 16.1. The molecule has 1 aliphatic heterocycles. The monoisotopic (exact) mass is 597 g/mol. The highest BCUT2D eigenvalue weighted by atomic mass is 32.1. The number of quaternary nitrogens is 1. The van der Waals surface area contributed by atoms with Gasteiger partial charge in [-0.3, -0.25) is 0 Å². The first-order valence-corrected chi connectivity index (χ1v) is 16.9. The maximum atomic E-state index is 11.5. The van der Waals surface area contributed by atoms with E-state index < -0.39 is 0 Å². The fourth-order valence-electron chi connectivity index (χ4n) is 6.46. The fraction of sp³-hybridized carbons (Fsp3) is 0.421. The number of rotatable bonds is 15. The van der Waals surface area contributed by atoms with E-state index in [-0.39, 0.29) is 11.2 Å². The molecule has 0 amide bonds. The number of benzene rings is 2. The normalized spacial score (nSPS) is 16.0. The molecule has 0 saturated heterocycles. The second-order valence-electron chi connectivity index (χ2n) is 12.2. The lowest BCUT2D eigenvalue weighted by Crippen LogP contribution is -2.48. The fourth-order valence-corrected chi connectivity index (χ4v) is 7.56. The number of Topliss-reactive ketones (excluding diaryl/α,β-unsaturated/α-hetero) is 1. The van der Waals surface area contributed by atoms with Crippen molar-refractivity contribution < 1.29 is 13.8 Å². The quantitative estimate of drug-likeness (QED) is 0.0995. The highest BCUT2D eigenvalue weighted by molar-refractivity contribution is 7.18. The van der Waals surface area contributed by atoms with Crippen LogP contribution in [-0.4, -0.2) is 43.0 Å². The van der Waals surface area contributed by atoms with Gasteiger partial charge in [0.1, 0.15) is 10.5 Å². The summed E-state index contributed by atoms with van der Waals surface area (Å²) >= 11 is 1.80. The summed E-state index contributed by atoms with van der Waals surface area (Å²) in [7, 11) is 0. The Hall–Kier alpha value is -3.28. The van der Waals surface area contributed by atoms with Crippen LogP contribution in [0.4, 0.5) is 5.69 Å². The van der Waals surface area contributed by atoms with Crippen molar-refractivity contribution in [2.24, 2.45) is 0 Å². The number of hydrogen-bond acceptors (Lipinski definition) is 3. The molecule has 1 aromatic heterocycles. The zero-order chi connectivity index (χ0) is 30.9. The van der Waals surface area contributed by atoms with Gasteiger partial charge in [-0.15, -0.1) is 0 Å². The van der Waals surface area contributed by atoms with Crippen LogP contribution in [0.15, 0.2) is 90.7 Å². The molecule has 0 spiro atoms. The van der Waals surface area contributed by atoms with Crippen LogP contribution in [0.1, 0.15) is 71.4 Å². The van der Waals surface area contributed by atoms with Gasteiger partial charge >= 0.3 is 0 Å². The third-order valence-corrected chi connectivity index (χ3v) is 10.4. The van der Waals surface area contributed by atoms with Crippen LogP contribution in [0.25, 0.3) is 16.3 Å². The molecular formula is C38H51N3OS+2. The van der Waals surface area contributed by atoms with Crippen LogP contribution in [0.5, 0.6) is 0 Å². The van der Waals surface area contributed by atoms with Crippen LogP contribution in [0, 0.1) is 0 Å². The van der Waals surface area contributed by atoms with E-state index in [1.165, 1.54) is 69.3 Å². The van der Waals surface area contributed by atoms with Gasteiger partial charge in [0.2, 0.25) is 5.52 Å². The number of carbonyl (C=O) groups excluding carboxylic acids is 1. The number of hydrogen-bond donors (Lipinski definition) is 0. The lowest BCUT2D eigenvalue weighted by molar-refractivity contribution is -0.923. The third kappa shape index (κ3) is 7.63. The molecular weight excluding hydrogens is 547 g/mol. The summed E-state index contributed by atoms with van der Waals surface area (Å²) in [5.74, 6) is 0.251. The summed E-state index contributed by atoms with van der Waals surface area (Å²) in [6.45, 7) is 20.1. The predicted octanol–water partition coefficient (Wildman–Crippen LogP) is 8.63. The van der Waals surface area contributed by atoms with Gasteiger partial charge in [0.05, 0.1) is 26.2 Å². The summed E-state index contributed by atoms with van der Waals surface area (Å²) in [5, 5.41) is 1.21. The number of allylic oxidation sites excluding steroid dienone is 7. The molecule has 5 heteroatoms. The maximum Gasteiger partial charge on any atom is 0.262 e. The van der Waals surface area contributed by atoms with Gasteiger partial charge in [-0.1, -0.05) is 85.9 Å². The minimum Gasteiger partial charge on any atom is -0.344 e. The van der Waals surface area contributed by atoms with Crippen molar-refractivity contribution in [2.45, 2.75) is 72.8 Å². The van der Waals surface area contributed by atoms with E-state index in [2.05, 4.69) is 135 Å². The van der Waals surface area contributed by atoms with Gasteiger partial charge < -0.3 is 14.2 Å². The van der Waals surface area contributed by atoms with Crippen LogP contribution in [0.3, 0.4) is 0 Å². The third-order valence-electron chi connectivity index (χ3n) is 9.31. The van der Waals surface area contributed by atoms with Crippen molar-refractivity contribution in [3.05, 3.63) is 101 Å². The number of fused-ring (bicyclic) bond motifs is 2. The first-order chi connectivity index (χ1) is 20.8. The van der Waals surface area contributed by atoms with Gasteiger partial charge in [-0.25, -0.2) is 0 Å². The Kier molecular flexibility index (Phi) is 11.3. The standard InChI is InChI=1S/C38H51N3OS/c1-7-41(8-2,9-3)30-20-29-39-33-23-16-15-22-32(33)38(5,6)36(39)26-13-11-10-12-14-27-37-40(28-19-21-31(4)42)34-24-17-18-25-35(34)43-37/h10-18,22-27H,7-9,19-21,28-30H2,1-6H3/q+2. The summed E-state index contributed by atoms with van der Waals surface area (Å²) in [6, 6.07) is 17.4. The van der Waals surface area contributed by atoms with E-state index in [4.69, 9.17) is 0 Å². The predicted molar refractivity (Wildman–Crippen MR) is 186 cm³/mol. The van der Waals surface area contributed by atoms with Crippen LogP contribution >= 0.6 is 11.3 Å². The number of anilines is 1. The molecule has 0 radical (unpaired) electrons. The number of aryl methyl sites for hydroxylation is 1. The summed E-state index contributed by atoms with van der Waals surface area (Å²) < 4.78 is 4.80. The van der Waals surface area contributed by atoms with Gasteiger partial charge in [0, 0.05) is 54.7 Å². The minimum absolute atomic E-state index is 0.0338. The average Bonchev–Trinajstić information content (AvgIpc) is 3.46. The molecule has 0 N–H and O–H groups in total. The van der Waals surface area contributed by atoms with E-state index in [1.54, 1.807) is 18.3 Å². The Bertz CT molecular complexity index is 1490. The molecule has 228 valence electrons. The molecule has 4 rings (SSSR count). The molecule has 43 heavy (non-hydrogen) atoms. The Balaban J connectivity index is 1.47. The molecule has 0 unspecified atom stereocenters. The summed E-state index contributed by atoms with van der Waals surface area (Å²) in [6.07, 6.45) is 17.8. The lowest BCUT2D eigenvalue weighted by atomic mass is 9.84. The highest BCUT2D eigenvalue weighted by Crippen LogP contribution is 2.47. The van der Waals surface area contributed by atoms with Gasteiger partial charge in [-0.05, 0) is 51.5 Å². The molecule has 1 aliphatic rings. The molecule has 2 heterocycles. The topological polar surface area (TPSA) is 24.2 Å². The van der Waals surface area contributed by atoms with Crippen LogP contribution in [-0.2, 0) is 16.8 Å². The Morgan fingerprint density at radius 1 is 0.907 bits per heavy atom. The van der Waals surface area contributed by atoms with Crippen LogP contribution < -0.4 is 9.47 Å². The molecule has 0 bridgehead atoms. The second-order valence-corrected chi connectivity index (χ2v) is 13.3. The molecule has 0 aliphatic carbocycles. The molecule has 0 atom stereocenters. The highest BCUT2D eigenvalue weighted by Gasteiger charge is 2.39. The molecule has 4 nitrogen and oxygen atoms in total. The van der Waals surface area contributed by atoms with Crippen molar-refractivity contribution in [3.63, 3.8) is 0 Å². The zero-order valence-corrected chi connectivity index (χ0v) is 28.0. The zero-order valence-electron chi connectivity index (χ0n) is 27.2. The molecule has 0 saturated carbocycles. The van der Waals surface area contributed by atoms with Gasteiger partial charge in [0.15, 0.2) is 6.54 Å². The number of carbonyl (C=O) groups is 1. The summed E-state index contributed by atoms with van der Waals surface area (Å²) in [5.41, 5.74) is 5.34. The minimum atomic E-state index is -0.0338.